The minimum atomic E-state index is -1.36. The zero-order valence-electron chi connectivity index (χ0n) is 11.4. The van der Waals surface area contributed by atoms with E-state index in [9.17, 15) is 9.90 Å². The molecule has 0 amide bonds. The largest absolute Gasteiger partial charge is 1.00 e. The molecule has 3 aromatic rings. The molecule has 0 bridgehead atoms. The van der Waals surface area contributed by atoms with Crippen molar-refractivity contribution < 1.29 is 33.5 Å². The van der Waals surface area contributed by atoms with E-state index >= 15 is 0 Å². The third kappa shape index (κ3) is 3.07. The average Bonchev–Trinajstić information content (AvgIpc) is 2.93. The van der Waals surface area contributed by atoms with E-state index in [0.29, 0.717) is 5.52 Å². The van der Waals surface area contributed by atoms with Crippen molar-refractivity contribution in [2.45, 2.75) is 6.61 Å². The van der Waals surface area contributed by atoms with Crippen molar-refractivity contribution in [2.75, 3.05) is 0 Å². The number of ether oxygens (including phenoxy) is 1. The van der Waals surface area contributed by atoms with Crippen LogP contribution in [0.1, 0.15) is 16.1 Å². The maximum absolute atomic E-state index is 11.3. The Balaban J connectivity index is 0.00000161. The van der Waals surface area contributed by atoms with Crippen LogP contribution in [0.25, 0.3) is 5.52 Å². The molecule has 100 valence electrons. The number of fused-ring (bicyclic) bond motifs is 1. The molecule has 7 heteroatoms. The summed E-state index contributed by atoms with van der Waals surface area (Å²) in [5.74, 6) is -1.16. The van der Waals surface area contributed by atoms with Gasteiger partial charge in [-0.25, -0.2) is 4.52 Å². The summed E-state index contributed by atoms with van der Waals surface area (Å²) in [4.78, 5) is 11.3. The zero-order valence-corrected chi connectivity index (χ0v) is 11.4. The van der Waals surface area contributed by atoms with E-state index in [1.165, 1.54) is 10.7 Å². The fourth-order valence-electron chi connectivity index (χ4n) is 1.91. The van der Waals surface area contributed by atoms with Gasteiger partial charge in [0.25, 0.3) is 0 Å². The van der Waals surface area contributed by atoms with Crippen LogP contribution in [0.4, 0.5) is 0 Å². The molecule has 1 aromatic carbocycles. The SMILES string of the molecule is O=C([O-])c1c(OCc2ccccc2)ccc2cnnn12.[Li+]. The Morgan fingerprint density at radius 3 is 2.67 bits per heavy atom. The summed E-state index contributed by atoms with van der Waals surface area (Å²) in [5.41, 5.74) is 1.36. The normalized spacial score (nSPS) is 10.1. The van der Waals surface area contributed by atoms with E-state index in [2.05, 4.69) is 10.3 Å². The summed E-state index contributed by atoms with van der Waals surface area (Å²) >= 11 is 0. The third-order valence-electron chi connectivity index (χ3n) is 2.86. The van der Waals surface area contributed by atoms with E-state index in [1.54, 1.807) is 12.1 Å². The number of hydrogen-bond acceptors (Lipinski definition) is 5. The molecule has 0 radical (unpaired) electrons. The van der Waals surface area contributed by atoms with Crippen LogP contribution in [0.15, 0.2) is 48.7 Å². The van der Waals surface area contributed by atoms with Gasteiger partial charge >= 0.3 is 18.9 Å². The molecular formula is C14H10LiN3O3. The molecule has 0 atom stereocenters. The van der Waals surface area contributed by atoms with Crippen molar-refractivity contribution in [1.82, 2.24) is 14.8 Å². The van der Waals surface area contributed by atoms with E-state index in [4.69, 9.17) is 4.74 Å². The summed E-state index contributed by atoms with van der Waals surface area (Å²) in [5, 5.41) is 18.7. The first-order valence-electron chi connectivity index (χ1n) is 5.97. The van der Waals surface area contributed by atoms with Crippen molar-refractivity contribution >= 4 is 11.5 Å². The zero-order chi connectivity index (χ0) is 13.9. The van der Waals surface area contributed by atoms with Crippen molar-refractivity contribution in [3.05, 3.63) is 59.9 Å². The molecule has 0 saturated heterocycles. The second-order valence-electron chi connectivity index (χ2n) is 4.18. The van der Waals surface area contributed by atoms with E-state index in [0.717, 1.165) is 5.56 Å². The van der Waals surface area contributed by atoms with Gasteiger partial charge in [0.05, 0.1) is 17.7 Å². The van der Waals surface area contributed by atoms with Crippen molar-refractivity contribution in [3.8, 4) is 5.75 Å². The number of rotatable bonds is 4. The topological polar surface area (TPSA) is 79.5 Å². The summed E-state index contributed by atoms with van der Waals surface area (Å²) in [7, 11) is 0. The molecule has 0 fully saturated rings. The smallest absolute Gasteiger partial charge is 0.543 e. The van der Waals surface area contributed by atoms with Gasteiger partial charge in [0.15, 0.2) is 0 Å². The first-order valence-corrected chi connectivity index (χ1v) is 5.97. The number of carbonyl (C=O) groups is 1. The van der Waals surface area contributed by atoms with Gasteiger partial charge in [-0.2, -0.15) is 0 Å². The molecule has 6 nitrogen and oxygen atoms in total. The van der Waals surface area contributed by atoms with E-state index in [-0.39, 0.29) is 36.9 Å². The van der Waals surface area contributed by atoms with Crippen LogP contribution in [-0.2, 0) is 6.61 Å². The summed E-state index contributed by atoms with van der Waals surface area (Å²) in [6, 6.07) is 12.7. The predicted octanol–water partition coefficient (Wildman–Crippen LogP) is -2.32. The van der Waals surface area contributed by atoms with Crippen LogP contribution in [0, 0.1) is 0 Å². The number of carboxylic acids is 1. The number of hydrogen-bond donors (Lipinski definition) is 0. The van der Waals surface area contributed by atoms with Crippen LogP contribution in [0.5, 0.6) is 5.75 Å². The molecule has 0 aliphatic heterocycles. The van der Waals surface area contributed by atoms with Crippen LogP contribution in [0.3, 0.4) is 0 Å². The van der Waals surface area contributed by atoms with Gasteiger partial charge in [-0.05, 0) is 17.7 Å². The van der Waals surface area contributed by atoms with Crippen LogP contribution >= 0.6 is 0 Å². The van der Waals surface area contributed by atoms with E-state index in [1.807, 2.05) is 30.3 Å². The average molecular weight is 275 g/mol. The summed E-state index contributed by atoms with van der Waals surface area (Å²) in [6.07, 6.45) is 1.47. The van der Waals surface area contributed by atoms with Gasteiger partial charge in [0, 0.05) is 0 Å². The maximum atomic E-state index is 11.3. The monoisotopic (exact) mass is 275 g/mol. The fraction of sp³-hybridized carbons (Fsp3) is 0.0714. The molecule has 2 heterocycles. The Morgan fingerprint density at radius 2 is 1.95 bits per heavy atom. The molecule has 0 aliphatic rings. The molecule has 0 aliphatic carbocycles. The van der Waals surface area contributed by atoms with Gasteiger partial charge in [0.1, 0.15) is 18.1 Å². The molecule has 0 unspecified atom stereocenters. The number of aromatic nitrogens is 3. The fourth-order valence-corrected chi connectivity index (χ4v) is 1.91. The van der Waals surface area contributed by atoms with Crippen LogP contribution in [0.2, 0.25) is 0 Å². The van der Waals surface area contributed by atoms with Gasteiger partial charge in [-0.1, -0.05) is 35.5 Å². The molecule has 0 N–H and O–H groups in total. The first-order chi connectivity index (χ1) is 9.75. The van der Waals surface area contributed by atoms with Crippen LogP contribution < -0.4 is 28.7 Å². The van der Waals surface area contributed by atoms with Crippen molar-refractivity contribution in [2.24, 2.45) is 0 Å². The molecule has 3 rings (SSSR count). The number of nitrogens with zero attached hydrogens (tertiary/aromatic N) is 3. The number of benzene rings is 1. The number of carbonyl (C=O) groups excluding carboxylic acids is 1. The minimum Gasteiger partial charge on any atom is -0.543 e. The number of carboxylic acid groups (broad SMARTS) is 1. The van der Waals surface area contributed by atoms with Crippen molar-refractivity contribution in [1.29, 1.82) is 0 Å². The Bertz CT molecular complexity index is 759. The molecule has 2 aromatic heterocycles. The van der Waals surface area contributed by atoms with Gasteiger partial charge in [0.2, 0.25) is 0 Å². The quantitative estimate of drug-likeness (QED) is 0.499. The predicted molar refractivity (Wildman–Crippen MR) is 68.1 cm³/mol. The molecular weight excluding hydrogens is 265 g/mol. The summed E-state index contributed by atoms with van der Waals surface area (Å²) < 4.78 is 6.74. The Kier molecular flexibility index (Phi) is 4.63. The maximum Gasteiger partial charge on any atom is 1.00 e. The standard InChI is InChI=1S/C14H11N3O3.Li/c18-14(19)13-12(7-6-11-8-15-16-17(11)13)20-9-10-4-2-1-3-5-10;/h1-8H,9H2,(H,18,19);/q;+1/p-1. The second-order valence-corrected chi connectivity index (χ2v) is 4.18. The minimum absolute atomic E-state index is 0. The second kappa shape index (κ2) is 6.44. The number of aromatic carboxylic acids is 1. The Labute approximate surface area is 132 Å². The first kappa shape index (κ1) is 15.1. The molecule has 0 saturated carbocycles. The van der Waals surface area contributed by atoms with Gasteiger partial charge < -0.3 is 14.6 Å². The van der Waals surface area contributed by atoms with Crippen LogP contribution in [-0.4, -0.2) is 20.8 Å². The Hall–Kier alpha value is -2.29. The van der Waals surface area contributed by atoms with E-state index < -0.39 is 5.97 Å². The van der Waals surface area contributed by atoms with Crippen molar-refractivity contribution in [3.63, 3.8) is 0 Å². The molecule has 21 heavy (non-hydrogen) atoms. The van der Waals surface area contributed by atoms with Gasteiger partial charge in [-0.3, -0.25) is 0 Å². The third-order valence-corrected chi connectivity index (χ3v) is 2.86. The Morgan fingerprint density at radius 1 is 1.19 bits per heavy atom. The number of pyridine rings is 1. The molecule has 0 spiro atoms. The van der Waals surface area contributed by atoms with Gasteiger partial charge in [-0.15, -0.1) is 5.10 Å². The summed E-state index contributed by atoms with van der Waals surface area (Å²) in [6.45, 7) is 0.265.